The van der Waals surface area contributed by atoms with Crippen molar-refractivity contribution >= 4 is 6.03 Å². The Balaban J connectivity index is 2.07. The Labute approximate surface area is 115 Å². The summed E-state index contributed by atoms with van der Waals surface area (Å²) in [5.74, 6) is 0. The van der Waals surface area contributed by atoms with Gasteiger partial charge in [-0.25, -0.2) is 4.79 Å². The van der Waals surface area contributed by atoms with E-state index in [1.165, 1.54) is 11.1 Å². The maximum atomic E-state index is 11.5. The highest BCUT2D eigenvalue weighted by atomic mass is 16.5. The second-order valence-corrected chi connectivity index (χ2v) is 4.47. The smallest absolute Gasteiger partial charge is 0.314 e. The van der Waals surface area contributed by atoms with Crippen molar-refractivity contribution in [1.29, 1.82) is 0 Å². The van der Waals surface area contributed by atoms with Gasteiger partial charge in [-0.2, -0.15) is 0 Å². The summed E-state index contributed by atoms with van der Waals surface area (Å²) in [7, 11) is 0. The lowest BCUT2D eigenvalue weighted by Gasteiger charge is -2.08. The summed E-state index contributed by atoms with van der Waals surface area (Å²) in [4.78, 5) is 11.5. The fourth-order valence-electron chi connectivity index (χ4n) is 1.77. The molecule has 1 rings (SSSR count). The minimum absolute atomic E-state index is 0.107. The molecule has 0 saturated carbocycles. The summed E-state index contributed by atoms with van der Waals surface area (Å²) in [5, 5.41) is 5.66. The van der Waals surface area contributed by atoms with Crippen LogP contribution in [0, 0.1) is 6.92 Å². The van der Waals surface area contributed by atoms with E-state index < -0.39 is 0 Å². The molecular formula is C15H24N2O2. The van der Waals surface area contributed by atoms with E-state index in [1.54, 1.807) is 0 Å². The zero-order valence-corrected chi connectivity index (χ0v) is 11.9. The van der Waals surface area contributed by atoms with Gasteiger partial charge >= 0.3 is 6.03 Å². The predicted octanol–water partition coefficient (Wildman–Crippen LogP) is 2.26. The maximum absolute atomic E-state index is 11.5. The van der Waals surface area contributed by atoms with E-state index in [0.29, 0.717) is 19.7 Å². The average Bonchev–Trinajstić information content (AvgIpc) is 2.38. The van der Waals surface area contributed by atoms with Crippen LogP contribution in [0.2, 0.25) is 0 Å². The summed E-state index contributed by atoms with van der Waals surface area (Å²) in [6.45, 7) is 6.76. The third-order valence-electron chi connectivity index (χ3n) is 2.74. The number of urea groups is 1. The summed E-state index contributed by atoms with van der Waals surface area (Å²) in [5.41, 5.74) is 2.49. The molecule has 0 atom stereocenters. The van der Waals surface area contributed by atoms with Gasteiger partial charge in [-0.05, 0) is 32.3 Å². The van der Waals surface area contributed by atoms with E-state index in [-0.39, 0.29) is 6.03 Å². The Bertz CT molecular complexity index is 380. The Kier molecular flexibility index (Phi) is 7.66. The van der Waals surface area contributed by atoms with Crippen LogP contribution in [0.5, 0.6) is 0 Å². The maximum Gasteiger partial charge on any atom is 0.314 e. The number of hydrogen-bond acceptors (Lipinski definition) is 2. The van der Waals surface area contributed by atoms with E-state index in [0.717, 1.165) is 19.4 Å². The molecule has 19 heavy (non-hydrogen) atoms. The Morgan fingerprint density at radius 1 is 1.26 bits per heavy atom. The number of aryl methyl sites for hydroxylation is 1. The molecule has 0 saturated heterocycles. The summed E-state index contributed by atoms with van der Waals surface area (Å²) >= 11 is 0. The van der Waals surface area contributed by atoms with Crippen LogP contribution in [0.1, 0.15) is 24.5 Å². The standard InChI is InChI=1S/C15H24N2O2/c1-3-19-11-5-9-16-15(18)17-10-8-14-7-4-6-13(2)12-14/h4,6-7,12H,3,5,8-11H2,1-2H3,(H2,16,17,18). The third kappa shape index (κ3) is 7.47. The molecule has 2 amide bonds. The molecule has 0 heterocycles. The van der Waals surface area contributed by atoms with Crippen LogP contribution in [0.25, 0.3) is 0 Å². The number of benzene rings is 1. The van der Waals surface area contributed by atoms with E-state index in [4.69, 9.17) is 4.74 Å². The van der Waals surface area contributed by atoms with Crippen molar-refractivity contribution in [3.8, 4) is 0 Å². The van der Waals surface area contributed by atoms with E-state index in [2.05, 4.69) is 35.8 Å². The van der Waals surface area contributed by atoms with E-state index in [9.17, 15) is 4.79 Å². The number of amides is 2. The molecule has 0 aliphatic carbocycles. The summed E-state index contributed by atoms with van der Waals surface area (Å²) < 4.78 is 5.19. The lowest BCUT2D eigenvalue weighted by atomic mass is 10.1. The van der Waals surface area contributed by atoms with Crippen molar-refractivity contribution < 1.29 is 9.53 Å². The largest absolute Gasteiger partial charge is 0.382 e. The van der Waals surface area contributed by atoms with E-state index >= 15 is 0 Å². The van der Waals surface area contributed by atoms with Crippen LogP contribution in [0.15, 0.2) is 24.3 Å². The van der Waals surface area contributed by atoms with Gasteiger partial charge in [0, 0.05) is 26.3 Å². The minimum Gasteiger partial charge on any atom is -0.382 e. The van der Waals surface area contributed by atoms with Crippen LogP contribution in [-0.2, 0) is 11.2 Å². The molecule has 0 spiro atoms. The Hall–Kier alpha value is -1.55. The quantitative estimate of drug-likeness (QED) is 0.708. The number of rotatable bonds is 8. The molecule has 4 nitrogen and oxygen atoms in total. The molecule has 1 aromatic carbocycles. The number of ether oxygens (including phenoxy) is 1. The van der Waals surface area contributed by atoms with Gasteiger partial charge in [0.25, 0.3) is 0 Å². The van der Waals surface area contributed by atoms with Crippen molar-refractivity contribution in [1.82, 2.24) is 10.6 Å². The van der Waals surface area contributed by atoms with Gasteiger partial charge in [0.2, 0.25) is 0 Å². The molecule has 0 aromatic heterocycles. The first-order valence-corrected chi connectivity index (χ1v) is 6.87. The van der Waals surface area contributed by atoms with Crippen molar-refractivity contribution in [3.63, 3.8) is 0 Å². The predicted molar refractivity (Wildman–Crippen MR) is 77.4 cm³/mol. The van der Waals surface area contributed by atoms with Crippen LogP contribution in [0.4, 0.5) is 4.79 Å². The molecule has 0 bridgehead atoms. The average molecular weight is 264 g/mol. The molecular weight excluding hydrogens is 240 g/mol. The lowest BCUT2D eigenvalue weighted by Crippen LogP contribution is -2.37. The molecule has 2 N–H and O–H groups in total. The van der Waals surface area contributed by atoms with Crippen LogP contribution < -0.4 is 10.6 Å². The third-order valence-corrected chi connectivity index (χ3v) is 2.74. The van der Waals surface area contributed by atoms with Crippen molar-refractivity contribution in [2.75, 3.05) is 26.3 Å². The molecule has 0 aliphatic heterocycles. The van der Waals surface area contributed by atoms with Gasteiger partial charge in [-0.15, -0.1) is 0 Å². The zero-order chi connectivity index (χ0) is 13.9. The topological polar surface area (TPSA) is 50.4 Å². The van der Waals surface area contributed by atoms with Gasteiger partial charge in [-0.3, -0.25) is 0 Å². The van der Waals surface area contributed by atoms with Gasteiger partial charge in [0.05, 0.1) is 0 Å². The highest BCUT2D eigenvalue weighted by molar-refractivity contribution is 5.73. The summed E-state index contributed by atoms with van der Waals surface area (Å²) in [6.07, 6.45) is 1.70. The second kappa shape index (κ2) is 9.39. The molecule has 0 unspecified atom stereocenters. The van der Waals surface area contributed by atoms with Gasteiger partial charge in [0.1, 0.15) is 0 Å². The fourth-order valence-corrected chi connectivity index (χ4v) is 1.77. The van der Waals surface area contributed by atoms with Crippen molar-refractivity contribution in [2.45, 2.75) is 26.7 Å². The molecule has 0 fully saturated rings. The van der Waals surface area contributed by atoms with Crippen molar-refractivity contribution in [3.05, 3.63) is 35.4 Å². The number of carbonyl (C=O) groups excluding carboxylic acids is 1. The lowest BCUT2D eigenvalue weighted by molar-refractivity contribution is 0.145. The van der Waals surface area contributed by atoms with Crippen LogP contribution in [-0.4, -0.2) is 32.3 Å². The molecule has 106 valence electrons. The number of hydrogen-bond donors (Lipinski definition) is 2. The Morgan fingerprint density at radius 2 is 2.05 bits per heavy atom. The fraction of sp³-hybridized carbons (Fsp3) is 0.533. The second-order valence-electron chi connectivity index (χ2n) is 4.47. The molecule has 4 heteroatoms. The first kappa shape index (κ1) is 15.5. The zero-order valence-electron chi connectivity index (χ0n) is 11.9. The number of carbonyl (C=O) groups is 1. The Morgan fingerprint density at radius 3 is 2.79 bits per heavy atom. The SMILES string of the molecule is CCOCCCNC(=O)NCCc1cccc(C)c1. The van der Waals surface area contributed by atoms with Crippen molar-refractivity contribution in [2.24, 2.45) is 0 Å². The monoisotopic (exact) mass is 264 g/mol. The van der Waals surface area contributed by atoms with Crippen LogP contribution >= 0.6 is 0 Å². The molecule has 0 aliphatic rings. The molecule has 0 radical (unpaired) electrons. The number of nitrogens with one attached hydrogen (secondary N) is 2. The van der Waals surface area contributed by atoms with Gasteiger partial charge in [-0.1, -0.05) is 29.8 Å². The first-order valence-electron chi connectivity index (χ1n) is 6.87. The molecule has 1 aromatic rings. The van der Waals surface area contributed by atoms with E-state index in [1.807, 2.05) is 13.0 Å². The highest BCUT2D eigenvalue weighted by Crippen LogP contribution is 2.03. The minimum atomic E-state index is -0.107. The van der Waals surface area contributed by atoms with Gasteiger partial charge in [0.15, 0.2) is 0 Å². The normalized spacial score (nSPS) is 10.2. The first-order chi connectivity index (χ1) is 9.22. The van der Waals surface area contributed by atoms with Gasteiger partial charge < -0.3 is 15.4 Å². The summed E-state index contributed by atoms with van der Waals surface area (Å²) in [6, 6.07) is 8.22. The van der Waals surface area contributed by atoms with Crippen LogP contribution in [0.3, 0.4) is 0 Å². The highest BCUT2D eigenvalue weighted by Gasteiger charge is 1.99.